The van der Waals surface area contributed by atoms with Crippen LogP contribution in [0.1, 0.15) is 35.8 Å². The highest BCUT2D eigenvalue weighted by molar-refractivity contribution is 5.39. The van der Waals surface area contributed by atoms with Crippen molar-refractivity contribution in [1.29, 1.82) is 0 Å². The van der Waals surface area contributed by atoms with Crippen molar-refractivity contribution in [3.05, 3.63) is 53.3 Å². The summed E-state index contributed by atoms with van der Waals surface area (Å²) in [6, 6.07) is 13.1. The largest absolute Gasteiger partial charge is 0.334 e. The lowest BCUT2D eigenvalue weighted by Gasteiger charge is -2.25. The van der Waals surface area contributed by atoms with Crippen LogP contribution in [0.4, 0.5) is 5.95 Å². The maximum atomic E-state index is 4.61. The van der Waals surface area contributed by atoms with E-state index in [2.05, 4.69) is 45.2 Å². The SMILES string of the molecule is Cc1cc(C)nc(N2CCCC2c2ccccc2)n1. The van der Waals surface area contributed by atoms with E-state index in [1.165, 1.54) is 18.4 Å². The van der Waals surface area contributed by atoms with Gasteiger partial charge in [0, 0.05) is 17.9 Å². The normalized spacial score (nSPS) is 18.8. The van der Waals surface area contributed by atoms with Crippen LogP contribution in [0.25, 0.3) is 0 Å². The molecule has 1 aliphatic heterocycles. The fourth-order valence-corrected chi connectivity index (χ4v) is 2.86. The quantitative estimate of drug-likeness (QED) is 0.821. The van der Waals surface area contributed by atoms with Gasteiger partial charge in [-0.3, -0.25) is 0 Å². The second kappa shape index (κ2) is 5.00. The van der Waals surface area contributed by atoms with E-state index < -0.39 is 0 Å². The Bertz CT molecular complexity index is 545. The van der Waals surface area contributed by atoms with Gasteiger partial charge in [-0.25, -0.2) is 9.97 Å². The van der Waals surface area contributed by atoms with Gasteiger partial charge in [-0.15, -0.1) is 0 Å². The molecule has 19 heavy (non-hydrogen) atoms. The number of aromatic nitrogens is 2. The first-order valence-corrected chi connectivity index (χ1v) is 6.88. The van der Waals surface area contributed by atoms with Crippen molar-refractivity contribution in [2.45, 2.75) is 32.7 Å². The molecule has 3 nitrogen and oxygen atoms in total. The minimum Gasteiger partial charge on any atom is -0.334 e. The van der Waals surface area contributed by atoms with Crippen LogP contribution in [0.3, 0.4) is 0 Å². The second-order valence-corrected chi connectivity index (χ2v) is 5.21. The lowest BCUT2D eigenvalue weighted by molar-refractivity contribution is 0.699. The van der Waals surface area contributed by atoms with E-state index in [1.807, 2.05) is 19.9 Å². The Labute approximate surface area is 114 Å². The third-order valence-electron chi connectivity index (χ3n) is 3.66. The second-order valence-electron chi connectivity index (χ2n) is 5.21. The predicted octanol–water partition coefficient (Wildman–Crippen LogP) is 3.43. The number of hydrogen-bond donors (Lipinski definition) is 0. The van der Waals surface area contributed by atoms with Crippen LogP contribution in [0.5, 0.6) is 0 Å². The van der Waals surface area contributed by atoms with Crippen molar-refractivity contribution in [3.63, 3.8) is 0 Å². The van der Waals surface area contributed by atoms with Crippen molar-refractivity contribution in [3.8, 4) is 0 Å². The molecule has 0 aliphatic carbocycles. The molecule has 0 N–H and O–H groups in total. The summed E-state index contributed by atoms with van der Waals surface area (Å²) in [5.41, 5.74) is 3.45. The molecule has 1 atom stereocenters. The summed E-state index contributed by atoms with van der Waals surface area (Å²) in [5, 5.41) is 0. The van der Waals surface area contributed by atoms with Gasteiger partial charge in [0.2, 0.25) is 5.95 Å². The average molecular weight is 253 g/mol. The first-order chi connectivity index (χ1) is 9.24. The van der Waals surface area contributed by atoms with Crippen LogP contribution in [-0.2, 0) is 0 Å². The molecule has 1 fully saturated rings. The maximum Gasteiger partial charge on any atom is 0.226 e. The molecule has 0 radical (unpaired) electrons. The van der Waals surface area contributed by atoms with E-state index in [-0.39, 0.29) is 0 Å². The standard InChI is InChI=1S/C16H19N3/c1-12-11-13(2)18-16(17-12)19-10-6-9-15(19)14-7-4-3-5-8-14/h3-5,7-8,11,15H,6,9-10H2,1-2H3. The smallest absolute Gasteiger partial charge is 0.226 e. The zero-order chi connectivity index (χ0) is 13.2. The number of aryl methyl sites for hydroxylation is 2. The molecule has 0 amide bonds. The molecule has 1 aromatic heterocycles. The number of benzene rings is 1. The molecule has 3 rings (SSSR count). The monoisotopic (exact) mass is 253 g/mol. The van der Waals surface area contributed by atoms with E-state index >= 15 is 0 Å². The van der Waals surface area contributed by atoms with Gasteiger partial charge in [0.1, 0.15) is 0 Å². The molecule has 98 valence electrons. The molecule has 1 unspecified atom stereocenters. The Morgan fingerprint density at radius 1 is 1.05 bits per heavy atom. The summed E-state index contributed by atoms with van der Waals surface area (Å²) in [5.74, 6) is 0.879. The third-order valence-corrected chi connectivity index (χ3v) is 3.66. The first kappa shape index (κ1) is 12.2. The van der Waals surface area contributed by atoms with Crippen LogP contribution in [0, 0.1) is 13.8 Å². The van der Waals surface area contributed by atoms with E-state index in [0.29, 0.717) is 6.04 Å². The van der Waals surface area contributed by atoms with Gasteiger partial charge in [0.25, 0.3) is 0 Å². The van der Waals surface area contributed by atoms with Crippen LogP contribution >= 0.6 is 0 Å². The maximum absolute atomic E-state index is 4.61. The number of hydrogen-bond acceptors (Lipinski definition) is 3. The van der Waals surface area contributed by atoms with Crippen molar-refractivity contribution in [2.24, 2.45) is 0 Å². The molecule has 1 aliphatic rings. The van der Waals surface area contributed by atoms with Gasteiger partial charge in [0.05, 0.1) is 6.04 Å². The summed E-state index contributed by atoms with van der Waals surface area (Å²) < 4.78 is 0. The van der Waals surface area contributed by atoms with Gasteiger partial charge < -0.3 is 4.90 Å². The van der Waals surface area contributed by atoms with Gasteiger partial charge in [-0.1, -0.05) is 30.3 Å². The Hall–Kier alpha value is -1.90. The van der Waals surface area contributed by atoms with Gasteiger partial charge in [-0.2, -0.15) is 0 Å². The van der Waals surface area contributed by atoms with E-state index in [9.17, 15) is 0 Å². The highest BCUT2D eigenvalue weighted by Gasteiger charge is 2.27. The van der Waals surface area contributed by atoms with Gasteiger partial charge in [0.15, 0.2) is 0 Å². The van der Waals surface area contributed by atoms with E-state index in [1.54, 1.807) is 0 Å². The molecule has 1 saturated heterocycles. The molecule has 0 saturated carbocycles. The molecule has 2 aromatic rings. The van der Waals surface area contributed by atoms with Crippen LogP contribution in [0.15, 0.2) is 36.4 Å². The molecular weight excluding hydrogens is 234 g/mol. The zero-order valence-corrected chi connectivity index (χ0v) is 11.5. The molecule has 1 aromatic carbocycles. The van der Waals surface area contributed by atoms with Gasteiger partial charge >= 0.3 is 0 Å². The average Bonchev–Trinajstić information content (AvgIpc) is 2.88. The summed E-state index contributed by atoms with van der Waals surface area (Å²) in [6.07, 6.45) is 2.39. The number of rotatable bonds is 2. The highest BCUT2D eigenvalue weighted by Crippen LogP contribution is 2.34. The van der Waals surface area contributed by atoms with E-state index in [4.69, 9.17) is 0 Å². The molecule has 3 heteroatoms. The first-order valence-electron chi connectivity index (χ1n) is 6.88. The van der Waals surface area contributed by atoms with Crippen LogP contribution in [-0.4, -0.2) is 16.5 Å². The predicted molar refractivity (Wildman–Crippen MR) is 77.3 cm³/mol. The van der Waals surface area contributed by atoms with Gasteiger partial charge in [-0.05, 0) is 38.3 Å². The fraction of sp³-hybridized carbons (Fsp3) is 0.375. The molecular formula is C16H19N3. The number of anilines is 1. The highest BCUT2D eigenvalue weighted by atomic mass is 15.3. The Kier molecular flexibility index (Phi) is 3.20. The topological polar surface area (TPSA) is 29.0 Å². The van der Waals surface area contributed by atoms with Crippen LogP contribution < -0.4 is 4.90 Å². The minimum atomic E-state index is 0.419. The lowest BCUT2D eigenvalue weighted by Crippen LogP contribution is -2.25. The Morgan fingerprint density at radius 3 is 2.42 bits per heavy atom. The zero-order valence-electron chi connectivity index (χ0n) is 11.5. The summed E-state index contributed by atoms with van der Waals surface area (Å²) >= 11 is 0. The van der Waals surface area contributed by atoms with E-state index in [0.717, 1.165) is 23.9 Å². The summed E-state index contributed by atoms with van der Waals surface area (Å²) in [4.78, 5) is 11.6. The molecule has 2 heterocycles. The van der Waals surface area contributed by atoms with Crippen LogP contribution in [0.2, 0.25) is 0 Å². The fourth-order valence-electron chi connectivity index (χ4n) is 2.86. The van der Waals surface area contributed by atoms with Crippen molar-refractivity contribution >= 4 is 5.95 Å². The summed E-state index contributed by atoms with van der Waals surface area (Å²) in [7, 11) is 0. The third kappa shape index (κ3) is 2.46. The lowest BCUT2D eigenvalue weighted by atomic mass is 10.1. The van der Waals surface area contributed by atoms with Crippen molar-refractivity contribution in [2.75, 3.05) is 11.4 Å². The number of nitrogens with zero attached hydrogens (tertiary/aromatic N) is 3. The molecule has 0 spiro atoms. The minimum absolute atomic E-state index is 0.419. The summed E-state index contributed by atoms with van der Waals surface area (Å²) in [6.45, 7) is 5.11. The molecule has 0 bridgehead atoms. The van der Waals surface area contributed by atoms with Crippen molar-refractivity contribution in [1.82, 2.24) is 9.97 Å². The Balaban J connectivity index is 1.95. The van der Waals surface area contributed by atoms with Crippen molar-refractivity contribution < 1.29 is 0 Å². The Morgan fingerprint density at radius 2 is 1.74 bits per heavy atom.